The molecule has 0 bridgehead atoms. The van der Waals surface area contributed by atoms with E-state index in [0.29, 0.717) is 11.6 Å². The first kappa shape index (κ1) is 15.1. The van der Waals surface area contributed by atoms with Crippen LogP contribution in [-0.2, 0) is 11.3 Å². The molecule has 18 heavy (non-hydrogen) atoms. The van der Waals surface area contributed by atoms with Gasteiger partial charge in [0.25, 0.3) is 0 Å². The average molecular weight is 267 g/mol. The predicted molar refractivity (Wildman–Crippen MR) is 77.1 cm³/mol. The second-order valence-electron chi connectivity index (χ2n) is 4.41. The van der Waals surface area contributed by atoms with Crippen molar-refractivity contribution in [1.29, 1.82) is 0 Å². The quantitative estimate of drug-likeness (QED) is 0.741. The molecule has 0 aliphatic heterocycles. The van der Waals surface area contributed by atoms with E-state index in [1.54, 1.807) is 0 Å². The molecule has 0 fully saturated rings. The normalized spacial score (nSPS) is 12.5. The smallest absolute Gasteiger partial charge is 0.337 e. The fraction of sp³-hybridized carbons (Fsp3) is 0.500. The van der Waals surface area contributed by atoms with Crippen LogP contribution in [-0.4, -0.2) is 43.1 Å². The van der Waals surface area contributed by atoms with Crippen molar-refractivity contribution in [2.45, 2.75) is 19.5 Å². The van der Waals surface area contributed by atoms with Gasteiger partial charge in [0, 0.05) is 18.3 Å². The van der Waals surface area contributed by atoms with Crippen molar-refractivity contribution in [2.24, 2.45) is 0 Å². The number of hydrogen-bond donors (Lipinski definition) is 0. The maximum Gasteiger partial charge on any atom is 0.337 e. The third-order valence-electron chi connectivity index (χ3n) is 2.97. The first-order valence-electron chi connectivity index (χ1n) is 5.95. The zero-order valence-corrected chi connectivity index (χ0v) is 12.3. The molecule has 1 rings (SSSR count). The number of nitrogens with zero attached hydrogens (tertiary/aromatic N) is 1. The predicted octanol–water partition coefficient (Wildman–Crippen LogP) is 2.66. The van der Waals surface area contributed by atoms with Gasteiger partial charge < -0.3 is 4.74 Å². The van der Waals surface area contributed by atoms with Gasteiger partial charge in [-0.2, -0.15) is 11.8 Å². The molecule has 1 aromatic carbocycles. The van der Waals surface area contributed by atoms with Crippen LogP contribution >= 0.6 is 11.8 Å². The molecule has 0 amide bonds. The molecule has 0 saturated carbocycles. The van der Waals surface area contributed by atoms with E-state index in [1.165, 1.54) is 12.7 Å². The molecule has 0 spiro atoms. The second-order valence-corrected chi connectivity index (χ2v) is 5.32. The Balaban J connectivity index is 2.60. The van der Waals surface area contributed by atoms with Crippen molar-refractivity contribution in [3.05, 3.63) is 35.4 Å². The van der Waals surface area contributed by atoms with Crippen LogP contribution in [0.15, 0.2) is 24.3 Å². The van der Waals surface area contributed by atoms with Crippen molar-refractivity contribution in [3.63, 3.8) is 0 Å². The summed E-state index contributed by atoms with van der Waals surface area (Å²) < 4.78 is 4.68. The molecular weight excluding hydrogens is 246 g/mol. The summed E-state index contributed by atoms with van der Waals surface area (Å²) >= 11 is 1.86. The lowest BCUT2D eigenvalue weighted by atomic mass is 10.1. The van der Waals surface area contributed by atoms with E-state index >= 15 is 0 Å². The van der Waals surface area contributed by atoms with Crippen molar-refractivity contribution in [3.8, 4) is 0 Å². The Morgan fingerprint density at radius 3 is 2.50 bits per heavy atom. The summed E-state index contributed by atoms with van der Waals surface area (Å²) in [6.07, 6.45) is 2.12. The SMILES string of the molecule is COC(=O)c1ccc(CN(C)C(C)CSC)cc1. The van der Waals surface area contributed by atoms with Gasteiger partial charge in [0.1, 0.15) is 0 Å². The van der Waals surface area contributed by atoms with Gasteiger partial charge in [0.15, 0.2) is 0 Å². The molecule has 1 atom stereocenters. The molecular formula is C14H21NO2S. The lowest BCUT2D eigenvalue weighted by Gasteiger charge is -2.24. The van der Waals surface area contributed by atoms with Crippen LogP contribution in [0.1, 0.15) is 22.8 Å². The average Bonchev–Trinajstić information content (AvgIpc) is 2.39. The van der Waals surface area contributed by atoms with Crippen LogP contribution in [0.25, 0.3) is 0 Å². The highest BCUT2D eigenvalue weighted by atomic mass is 32.2. The number of methoxy groups -OCH3 is 1. The standard InChI is InChI=1S/C14H21NO2S/c1-11(10-18-4)15(2)9-12-5-7-13(8-6-12)14(16)17-3/h5-8,11H,9-10H2,1-4H3. The summed E-state index contributed by atoms with van der Waals surface area (Å²) in [6.45, 7) is 3.11. The number of benzene rings is 1. The minimum absolute atomic E-state index is 0.286. The first-order valence-corrected chi connectivity index (χ1v) is 7.34. The first-order chi connectivity index (χ1) is 8.58. The van der Waals surface area contributed by atoms with Gasteiger partial charge in [-0.1, -0.05) is 12.1 Å². The zero-order chi connectivity index (χ0) is 13.5. The summed E-state index contributed by atoms with van der Waals surface area (Å²) in [4.78, 5) is 13.6. The van der Waals surface area contributed by atoms with E-state index in [0.717, 1.165) is 12.3 Å². The highest BCUT2D eigenvalue weighted by molar-refractivity contribution is 7.98. The summed E-state index contributed by atoms with van der Waals surface area (Å²) in [5.74, 6) is 0.835. The number of ether oxygens (including phenoxy) is 1. The molecule has 0 aliphatic carbocycles. The van der Waals surface area contributed by atoms with Crippen LogP contribution in [0.5, 0.6) is 0 Å². The number of hydrogen-bond acceptors (Lipinski definition) is 4. The maximum atomic E-state index is 11.3. The third-order valence-corrected chi connectivity index (χ3v) is 3.78. The monoisotopic (exact) mass is 267 g/mol. The Kier molecular flexibility index (Phi) is 6.22. The highest BCUT2D eigenvalue weighted by Gasteiger charge is 2.09. The van der Waals surface area contributed by atoms with Gasteiger partial charge in [-0.25, -0.2) is 4.79 Å². The molecule has 0 N–H and O–H groups in total. The molecule has 0 heterocycles. The number of carbonyl (C=O) groups is 1. The van der Waals surface area contributed by atoms with Crippen molar-refractivity contribution in [2.75, 3.05) is 26.2 Å². The molecule has 0 saturated heterocycles. The van der Waals surface area contributed by atoms with Crippen LogP contribution in [0.2, 0.25) is 0 Å². The Labute approximate surface area is 114 Å². The molecule has 100 valence electrons. The Bertz CT molecular complexity index is 378. The van der Waals surface area contributed by atoms with E-state index in [2.05, 4.69) is 29.9 Å². The minimum atomic E-state index is -0.286. The van der Waals surface area contributed by atoms with Crippen LogP contribution < -0.4 is 0 Å². The summed E-state index contributed by atoms with van der Waals surface area (Å²) in [6, 6.07) is 8.13. The fourth-order valence-electron chi connectivity index (χ4n) is 1.68. The zero-order valence-electron chi connectivity index (χ0n) is 11.5. The molecule has 0 aromatic heterocycles. The van der Waals surface area contributed by atoms with Crippen molar-refractivity contribution < 1.29 is 9.53 Å². The molecule has 3 nitrogen and oxygen atoms in total. The van der Waals surface area contributed by atoms with Gasteiger partial charge in [-0.3, -0.25) is 4.90 Å². The van der Waals surface area contributed by atoms with Crippen molar-refractivity contribution >= 4 is 17.7 Å². The van der Waals surface area contributed by atoms with Gasteiger partial charge >= 0.3 is 5.97 Å². The summed E-state index contributed by atoms with van der Waals surface area (Å²) in [5, 5.41) is 0. The largest absolute Gasteiger partial charge is 0.465 e. The van der Waals surface area contributed by atoms with E-state index in [9.17, 15) is 4.79 Å². The van der Waals surface area contributed by atoms with E-state index in [1.807, 2.05) is 36.0 Å². The fourth-order valence-corrected chi connectivity index (χ4v) is 2.41. The molecule has 1 aromatic rings. The van der Waals surface area contributed by atoms with Crippen LogP contribution in [0.3, 0.4) is 0 Å². The Morgan fingerprint density at radius 2 is 2.00 bits per heavy atom. The number of carbonyl (C=O) groups excluding carboxylic acids is 1. The minimum Gasteiger partial charge on any atom is -0.465 e. The van der Waals surface area contributed by atoms with Gasteiger partial charge in [0.2, 0.25) is 0 Å². The van der Waals surface area contributed by atoms with Gasteiger partial charge in [0.05, 0.1) is 12.7 Å². The number of esters is 1. The Morgan fingerprint density at radius 1 is 1.39 bits per heavy atom. The summed E-state index contributed by atoms with van der Waals surface area (Å²) in [5.41, 5.74) is 1.80. The van der Waals surface area contributed by atoms with E-state index < -0.39 is 0 Å². The molecule has 0 aliphatic rings. The highest BCUT2D eigenvalue weighted by Crippen LogP contribution is 2.11. The van der Waals surface area contributed by atoms with E-state index in [4.69, 9.17) is 0 Å². The van der Waals surface area contributed by atoms with E-state index in [-0.39, 0.29) is 5.97 Å². The lowest BCUT2D eigenvalue weighted by Crippen LogP contribution is -2.30. The molecule has 0 radical (unpaired) electrons. The topological polar surface area (TPSA) is 29.5 Å². The maximum absolute atomic E-state index is 11.3. The number of rotatable bonds is 6. The summed E-state index contributed by atoms with van der Waals surface area (Å²) in [7, 11) is 3.52. The lowest BCUT2D eigenvalue weighted by molar-refractivity contribution is 0.0600. The third kappa shape index (κ3) is 4.35. The van der Waals surface area contributed by atoms with Crippen LogP contribution in [0.4, 0.5) is 0 Å². The second kappa shape index (κ2) is 7.44. The van der Waals surface area contributed by atoms with Gasteiger partial charge in [-0.05, 0) is 37.9 Å². The van der Waals surface area contributed by atoms with Crippen LogP contribution in [0, 0.1) is 0 Å². The number of thioether (sulfide) groups is 1. The molecule has 4 heteroatoms. The van der Waals surface area contributed by atoms with Crippen molar-refractivity contribution in [1.82, 2.24) is 4.90 Å². The molecule has 1 unspecified atom stereocenters. The Hall–Kier alpha value is -1.00. The van der Waals surface area contributed by atoms with Gasteiger partial charge in [-0.15, -0.1) is 0 Å².